The highest BCUT2D eigenvalue weighted by atomic mass is 32.2. The topological polar surface area (TPSA) is 75.9 Å². The maximum absolute atomic E-state index is 5.25. The third kappa shape index (κ3) is 3.56. The number of nitrogens with zero attached hydrogens (tertiary/aromatic N) is 2. The van der Waals surface area contributed by atoms with E-state index in [0.717, 1.165) is 17.1 Å². The Morgan fingerprint density at radius 3 is 2.93 bits per heavy atom. The number of hydrazine groups is 1. The molecule has 0 saturated heterocycles. The Bertz CT molecular complexity index is 317. The Morgan fingerprint density at radius 1 is 1.60 bits per heavy atom. The summed E-state index contributed by atoms with van der Waals surface area (Å²) in [6.07, 6.45) is 3.83. The molecule has 4 N–H and O–H groups in total. The van der Waals surface area contributed by atoms with Gasteiger partial charge in [-0.2, -0.15) is 16.7 Å². The van der Waals surface area contributed by atoms with Crippen LogP contribution in [0.15, 0.2) is 6.20 Å². The number of aromatic nitrogens is 2. The monoisotopic (exact) mass is 227 g/mol. The van der Waals surface area contributed by atoms with Gasteiger partial charge >= 0.3 is 0 Å². The van der Waals surface area contributed by atoms with Crippen LogP contribution in [0.5, 0.6) is 0 Å². The minimum absolute atomic E-state index is 0.374. The molecule has 0 bridgehead atoms. The van der Waals surface area contributed by atoms with Gasteiger partial charge in [0.25, 0.3) is 0 Å². The summed E-state index contributed by atoms with van der Waals surface area (Å²) in [4.78, 5) is 8.26. The van der Waals surface area contributed by atoms with Crippen molar-refractivity contribution < 1.29 is 0 Å². The van der Waals surface area contributed by atoms with E-state index in [1.807, 2.05) is 6.92 Å². The average molecular weight is 227 g/mol. The summed E-state index contributed by atoms with van der Waals surface area (Å²) >= 11 is 1.80. The van der Waals surface area contributed by atoms with Crippen LogP contribution in [-0.2, 0) is 0 Å². The van der Waals surface area contributed by atoms with E-state index in [4.69, 9.17) is 5.84 Å². The third-order valence-corrected chi connectivity index (χ3v) is 2.73. The van der Waals surface area contributed by atoms with Gasteiger partial charge in [-0.1, -0.05) is 0 Å². The number of aryl methyl sites for hydroxylation is 1. The molecule has 1 heterocycles. The zero-order valence-electron chi connectivity index (χ0n) is 9.24. The first kappa shape index (κ1) is 12.1. The standard InChI is InChI=1S/C9H17N5S/c1-6-4-11-9(14-10)13-8(6)12-7(2)5-15-3/h4,7H,5,10H2,1-3H3,(H2,11,12,13,14). The zero-order valence-corrected chi connectivity index (χ0v) is 10.1. The average Bonchev–Trinajstić information content (AvgIpc) is 2.21. The first-order valence-corrected chi connectivity index (χ1v) is 6.12. The lowest BCUT2D eigenvalue weighted by Gasteiger charge is -2.15. The van der Waals surface area contributed by atoms with Crippen LogP contribution in [0.25, 0.3) is 0 Å². The second kappa shape index (κ2) is 5.77. The van der Waals surface area contributed by atoms with Gasteiger partial charge in [0.1, 0.15) is 5.82 Å². The molecule has 0 aliphatic rings. The van der Waals surface area contributed by atoms with Crippen molar-refractivity contribution in [2.24, 2.45) is 5.84 Å². The molecule has 0 aliphatic heterocycles. The lowest BCUT2D eigenvalue weighted by molar-refractivity contribution is 0.895. The Balaban J connectivity index is 2.74. The fourth-order valence-corrected chi connectivity index (χ4v) is 1.77. The van der Waals surface area contributed by atoms with Gasteiger partial charge in [-0.3, -0.25) is 5.43 Å². The smallest absolute Gasteiger partial charge is 0.239 e. The number of anilines is 2. The normalized spacial score (nSPS) is 12.3. The highest BCUT2D eigenvalue weighted by Gasteiger charge is 2.06. The van der Waals surface area contributed by atoms with Crippen molar-refractivity contribution in [2.45, 2.75) is 19.9 Å². The van der Waals surface area contributed by atoms with Crippen LogP contribution >= 0.6 is 11.8 Å². The molecular weight excluding hydrogens is 210 g/mol. The molecule has 0 aromatic carbocycles. The Morgan fingerprint density at radius 2 is 2.33 bits per heavy atom. The Labute approximate surface area is 94.2 Å². The van der Waals surface area contributed by atoms with Crippen molar-refractivity contribution in [3.05, 3.63) is 11.8 Å². The number of rotatable bonds is 5. The second-order valence-corrected chi connectivity index (χ2v) is 4.28. The number of nitrogens with one attached hydrogen (secondary N) is 2. The van der Waals surface area contributed by atoms with Crippen LogP contribution < -0.4 is 16.6 Å². The van der Waals surface area contributed by atoms with Gasteiger partial charge < -0.3 is 5.32 Å². The van der Waals surface area contributed by atoms with Gasteiger partial charge in [-0.15, -0.1) is 0 Å². The molecule has 1 atom stereocenters. The van der Waals surface area contributed by atoms with E-state index in [1.165, 1.54) is 0 Å². The fraction of sp³-hybridized carbons (Fsp3) is 0.556. The van der Waals surface area contributed by atoms with Crippen molar-refractivity contribution in [3.8, 4) is 0 Å². The van der Waals surface area contributed by atoms with E-state index < -0.39 is 0 Å². The summed E-state index contributed by atoms with van der Waals surface area (Å²) in [6, 6.07) is 0.374. The van der Waals surface area contributed by atoms with Crippen LogP contribution in [0.2, 0.25) is 0 Å². The lowest BCUT2D eigenvalue weighted by atomic mass is 10.3. The molecule has 0 spiro atoms. The van der Waals surface area contributed by atoms with Gasteiger partial charge in [-0.05, 0) is 20.1 Å². The van der Waals surface area contributed by atoms with Gasteiger partial charge in [0.2, 0.25) is 5.95 Å². The highest BCUT2D eigenvalue weighted by molar-refractivity contribution is 7.98. The number of nitrogens with two attached hydrogens (primary N) is 1. The van der Waals surface area contributed by atoms with Gasteiger partial charge in [0.05, 0.1) is 0 Å². The van der Waals surface area contributed by atoms with E-state index >= 15 is 0 Å². The molecular formula is C9H17N5S. The van der Waals surface area contributed by atoms with E-state index in [2.05, 4.69) is 33.9 Å². The minimum Gasteiger partial charge on any atom is -0.366 e. The minimum atomic E-state index is 0.374. The number of hydrogen-bond acceptors (Lipinski definition) is 6. The number of thioether (sulfide) groups is 1. The van der Waals surface area contributed by atoms with Crippen molar-refractivity contribution in [3.63, 3.8) is 0 Å². The molecule has 6 heteroatoms. The molecule has 15 heavy (non-hydrogen) atoms. The maximum atomic E-state index is 5.25. The van der Waals surface area contributed by atoms with Crippen molar-refractivity contribution in [2.75, 3.05) is 22.8 Å². The van der Waals surface area contributed by atoms with E-state index in [-0.39, 0.29) is 0 Å². The van der Waals surface area contributed by atoms with Crippen molar-refractivity contribution in [1.82, 2.24) is 9.97 Å². The van der Waals surface area contributed by atoms with Crippen molar-refractivity contribution in [1.29, 1.82) is 0 Å². The zero-order chi connectivity index (χ0) is 11.3. The predicted molar refractivity (Wildman–Crippen MR) is 66.0 cm³/mol. The fourth-order valence-electron chi connectivity index (χ4n) is 1.18. The number of nitrogen functional groups attached to an aromatic ring is 1. The van der Waals surface area contributed by atoms with Crippen LogP contribution in [0.3, 0.4) is 0 Å². The molecule has 1 aromatic rings. The third-order valence-electron chi connectivity index (χ3n) is 1.90. The Kier molecular flexibility index (Phi) is 4.64. The molecule has 5 nitrogen and oxygen atoms in total. The summed E-state index contributed by atoms with van der Waals surface area (Å²) in [5.41, 5.74) is 3.45. The number of hydrogen-bond donors (Lipinski definition) is 3. The van der Waals surface area contributed by atoms with E-state index in [0.29, 0.717) is 12.0 Å². The molecule has 84 valence electrons. The predicted octanol–water partition coefficient (Wildman–Crippen LogP) is 1.23. The summed E-state index contributed by atoms with van der Waals surface area (Å²) in [6.45, 7) is 4.09. The van der Waals surface area contributed by atoms with Gasteiger partial charge in [0, 0.05) is 23.6 Å². The van der Waals surface area contributed by atoms with Gasteiger partial charge in [-0.25, -0.2) is 10.8 Å². The first-order chi connectivity index (χ1) is 7.17. The van der Waals surface area contributed by atoms with Crippen LogP contribution in [0, 0.1) is 6.92 Å². The van der Waals surface area contributed by atoms with Crippen LogP contribution in [0.4, 0.5) is 11.8 Å². The summed E-state index contributed by atoms with van der Waals surface area (Å²) < 4.78 is 0. The lowest BCUT2D eigenvalue weighted by Crippen LogP contribution is -2.20. The molecule has 0 saturated carbocycles. The maximum Gasteiger partial charge on any atom is 0.239 e. The molecule has 0 radical (unpaired) electrons. The summed E-state index contributed by atoms with van der Waals surface area (Å²) in [5.74, 6) is 7.55. The Hall–Kier alpha value is -1.01. The SMILES string of the molecule is CSCC(C)Nc1nc(NN)ncc1C. The summed E-state index contributed by atoms with van der Waals surface area (Å²) in [7, 11) is 0. The second-order valence-electron chi connectivity index (χ2n) is 3.37. The van der Waals surface area contributed by atoms with Crippen LogP contribution in [-0.4, -0.2) is 28.0 Å². The molecule has 1 unspecified atom stereocenters. The quantitative estimate of drug-likeness (QED) is 0.519. The largest absolute Gasteiger partial charge is 0.366 e. The highest BCUT2D eigenvalue weighted by Crippen LogP contribution is 2.14. The van der Waals surface area contributed by atoms with Crippen molar-refractivity contribution >= 4 is 23.5 Å². The molecule has 1 rings (SSSR count). The summed E-state index contributed by atoms with van der Waals surface area (Å²) in [5, 5.41) is 3.32. The molecule has 0 amide bonds. The van der Waals surface area contributed by atoms with Crippen LogP contribution in [0.1, 0.15) is 12.5 Å². The molecule has 1 aromatic heterocycles. The van der Waals surface area contributed by atoms with E-state index in [9.17, 15) is 0 Å². The van der Waals surface area contributed by atoms with Gasteiger partial charge in [0.15, 0.2) is 0 Å². The molecule has 0 aliphatic carbocycles. The van der Waals surface area contributed by atoms with E-state index in [1.54, 1.807) is 18.0 Å². The molecule has 0 fully saturated rings. The first-order valence-electron chi connectivity index (χ1n) is 4.73.